The Hall–Kier alpha value is -0.880. The van der Waals surface area contributed by atoms with Crippen molar-refractivity contribution in [2.24, 2.45) is 0 Å². The van der Waals surface area contributed by atoms with Gasteiger partial charge in [-0.15, -0.1) is 0 Å². The van der Waals surface area contributed by atoms with E-state index in [-0.39, 0.29) is 16.8 Å². The predicted molar refractivity (Wildman–Crippen MR) is 88.8 cm³/mol. The molecule has 6 heteroatoms. The van der Waals surface area contributed by atoms with Gasteiger partial charge in [0.25, 0.3) is 5.91 Å². The topological polar surface area (TPSA) is 54.5 Å². The molecular formula is C15H22BrNO3S. The van der Waals surface area contributed by atoms with Gasteiger partial charge in [0, 0.05) is 29.7 Å². The summed E-state index contributed by atoms with van der Waals surface area (Å²) in [4.78, 5) is 14.7. The second-order valence-corrected chi connectivity index (χ2v) is 7.76. The maximum atomic E-state index is 12.6. The lowest BCUT2D eigenvalue weighted by atomic mass is 10.1. The predicted octanol–water partition coefficient (Wildman–Crippen LogP) is 3.12. The monoisotopic (exact) mass is 375 g/mol. The average Bonchev–Trinajstić information content (AvgIpc) is 2.46. The number of benzene rings is 1. The van der Waals surface area contributed by atoms with Crippen LogP contribution in [-0.4, -0.2) is 43.4 Å². The lowest BCUT2D eigenvalue weighted by Crippen LogP contribution is -2.41. The van der Waals surface area contributed by atoms with Crippen LogP contribution in [-0.2, 0) is 9.84 Å². The van der Waals surface area contributed by atoms with Crippen molar-refractivity contribution in [1.82, 2.24) is 4.90 Å². The van der Waals surface area contributed by atoms with E-state index in [1.54, 1.807) is 12.1 Å². The van der Waals surface area contributed by atoms with Crippen LogP contribution in [0.2, 0.25) is 0 Å². The highest BCUT2D eigenvalue weighted by Crippen LogP contribution is 2.16. The molecule has 118 valence electrons. The minimum atomic E-state index is -3.23. The van der Waals surface area contributed by atoms with E-state index in [9.17, 15) is 13.2 Å². The van der Waals surface area contributed by atoms with Gasteiger partial charge in [0.2, 0.25) is 0 Å². The molecule has 0 aliphatic heterocycles. The Kier molecular flexibility index (Phi) is 6.87. The van der Waals surface area contributed by atoms with Crippen LogP contribution in [0.15, 0.2) is 29.2 Å². The molecule has 0 aromatic heterocycles. The van der Waals surface area contributed by atoms with E-state index in [1.807, 2.05) is 4.90 Å². The second-order valence-electron chi connectivity index (χ2n) is 4.95. The van der Waals surface area contributed by atoms with Crippen LogP contribution >= 0.6 is 15.9 Å². The number of carbonyl (C=O) groups is 1. The van der Waals surface area contributed by atoms with E-state index in [1.165, 1.54) is 12.1 Å². The fourth-order valence-corrected chi connectivity index (χ4v) is 3.29. The Bertz CT molecular complexity index is 565. The van der Waals surface area contributed by atoms with Gasteiger partial charge in [-0.3, -0.25) is 4.79 Å². The minimum Gasteiger partial charge on any atom is -0.335 e. The van der Waals surface area contributed by atoms with E-state index >= 15 is 0 Å². The maximum absolute atomic E-state index is 12.6. The lowest BCUT2D eigenvalue weighted by molar-refractivity contribution is 0.0683. The van der Waals surface area contributed by atoms with Gasteiger partial charge in [-0.25, -0.2) is 8.42 Å². The summed E-state index contributed by atoms with van der Waals surface area (Å²) in [5.74, 6) is -0.0526. The summed E-state index contributed by atoms with van der Waals surface area (Å²) in [7, 11) is -3.23. The minimum absolute atomic E-state index is 0.0526. The molecule has 0 aliphatic rings. The standard InChI is InChI=1S/C15H22BrNO3S/c1-4-13(5-2)17(11-10-16)15(18)12-6-8-14(9-7-12)21(3,19)20/h6-9,13H,4-5,10-11H2,1-3H3. The van der Waals surface area contributed by atoms with Crippen molar-refractivity contribution in [3.63, 3.8) is 0 Å². The van der Waals surface area contributed by atoms with Gasteiger partial charge in [0.1, 0.15) is 0 Å². The van der Waals surface area contributed by atoms with Crippen molar-refractivity contribution < 1.29 is 13.2 Å². The molecule has 0 saturated heterocycles. The molecule has 0 bridgehead atoms. The highest BCUT2D eigenvalue weighted by Gasteiger charge is 2.22. The molecule has 0 unspecified atom stereocenters. The van der Waals surface area contributed by atoms with E-state index in [2.05, 4.69) is 29.8 Å². The molecule has 1 aromatic rings. The number of hydrogen-bond donors (Lipinski definition) is 0. The Balaban J connectivity index is 3.04. The molecule has 0 heterocycles. The molecular weight excluding hydrogens is 354 g/mol. The first-order valence-electron chi connectivity index (χ1n) is 7.02. The van der Waals surface area contributed by atoms with Gasteiger partial charge in [0.15, 0.2) is 9.84 Å². The summed E-state index contributed by atoms with van der Waals surface area (Å²) in [5.41, 5.74) is 0.523. The highest BCUT2D eigenvalue weighted by atomic mass is 79.9. The first-order chi connectivity index (χ1) is 9.85. The number of amides is 1. The van der Waals surface area contributed by atoms with Crippen molar-refractivity contribution in [2.45, 2.75) is 37.6 Å². The molecule has 0 spiro atoms. The van der Waals surface area contributed by atoms with Crippen LogP contribution in [0.1, 0.15) is 37.0 Å². The second kappa shape index (κ2) is 7.94. The third kappa shape index (κ3) is 4.81. The number of sulfone groups is 1. The number of hydrogen-bond acceptors (Lipinski definition) is 3. The van der Waals surface area contributed by atoms with Crippen LogP contribution in [0.25, 0.3) is 0 Å². The highest BCUT2D eigenvalue weighted by molar-refractivity contribution is 9.09. The van der Waals surface area contributed by atoms with E-state index < -0.39 is 9.84 Å². The molecule has 0 N–H and O–H groups in total. The van der Waals surface area contributed by atoms with E-state index in [0.717, 1.165) is 24.4 Å². The van der Waals surface area contributed by atoms with Crippen molar-refractivity contribution in [1.29, 1.82) is 0 Å². The van der Waals surface area contributed by atoms with Crippen molar-refractivity contribution in [3.8, 4) is 0 Å². The molecule has 1 amide bonds. The quantitative estimate of drug-likeness (QED) is 0.687. The summed E-state index contributed by atoms with van der Waals surface area (Å²) in [5, 5.41) is 0.719. The Morgan fingerprint density at radius 1 is 1.19 bits per heavy atom. The van der Waals surface area contributed by atoms with E-state index in [4.69, 9.17) is 0 Å². The average molecular weight is 376 g/mol. The van der Waals surface area contributed by atoms with Gasteiger partial charge < -0.3 is 4.90 Å². The molecule has 0 saturated carbocycles. The third-order valence-corrected chi connectivity index (χ3v) is 4.98. The van der Waals surface area contributed by atoms with Gasteiger partial charge in [-0.2, -0.15) is 0 Å². The van der Waals surface area contributed by atoms with Crippen LogP contribution in [0.3, 0.4) is 0 Å². The van der Waals surface area contributed by atoms with Crippen molar-refractivity contribution >= 4 is 31.7 Å². The van der Waals surface area contributed by atoms with Gasteiger partial charge >= 0.3 is 0 Å². The smallest absolute Gasteiger partial charge is 0.254 e. The fourth-order valence-electron chi connectivity index (χ4n) is 2.28. The number of alkyl halides is 1. The molecule has 1 rings (SSSR count). The summed E-state index contributed by atoms with van der Waals surface area (Å²) < 4.78 is 22.9. The molecule has 21 heavy (non-hydrogen) atoms. The third-order valence-electron chi connectivity index (χ3n) is 3.50. The Morgan fingerprint density at radius 3 is 2.10 bits per heavy atom. The van der Waals surface area contributed by atoms with Crippen LogP contribution < -0.4 is 0 Å². The normalized spacial score (nSPS) is 11.7. The summed E-state index contributed by atoms with van der Waals surface area (Å²) in [6.07, 6.45) is 2.96. The number of nitrogens with zero attached hydrogens (tertiary/aromatic N) is 1. The van der Waals surface area contributed by atoms with E-state index in [0.29, 0.717) is 12.1 Å². The Labute approximate surface area is 135 Å². The molecule has 0 aliphatic carbocycles. The molecule has 0 radical (unpaired) electrons. The number of halogens is 1. The van der Waals surface area contributed by atoms with Gasteiger partial charge in [-0.1, -0.05) is 29.8 Å². The van der Waals surface area contributed by atoms with Gasteiger partial charge in [-0.05, 0) is 37.1 Å². The van der Waals surface area contributed by atoms with Crippen molar-refractivity contribution in [3.05, 3.63) is 29.8 Å². The molecule has 1 aromatic carbocycles. The van der Waals surface area contributed by atoms with Gasteiger partial charge in [0.05, 0.1) is 4.90 Å². The zero-order valence-corrected chi connectivity index (χ0v) is 15.1. The summed E-state index contributed by atoms with van der Waals surface area (Å²) >= 11 is 3.38. The molecule has 0 atom stereocenters. The van der Waals surface area contributed by atoms with Crippen LogP contribution in [0, 0.1) is 0 Å². The summed E-state index contributed by atoms with van der Waals surface area (Å²) in [6, 6.07) is 6.35. The first-order valence-corrected chi connectivity index (χ1v) is 10.0. The Morgan fingerprint density at radius 2 is 1.71 bits per heavy atom. The zero-order chi connectivity index (χ0) is 16.0. The fraction of sp³-hybridized carbons (Fsp3) is 0.533. The number of rotatable bonds is 7. The van der Waals surface area contributed by atoms with Crippen LogP contribution in [0.4, 0.5) is 0 Å². The lowest BCUT2D eigenvalue weighted by Gasteiger charge is -2.30. The molecule has 0 fully saturated rings. The zero-order valence-electron chi connectivity index (χ0n) is 12.7. The largest absolute Gasteiger partial charge is 0.335 e. The first kappa shape index (κ1) is 18.2. The maximum Gasteiger partial charge on any atom is 0.254 e. The SMILES string of the molecule is CCC(CC)N(CCBr)C(=O)c1ccc(S(C)(=O)=O)cc1. The van der Waals surface area contributed by atoms with Crippen LogP contribution in [0.5, 0.6) is 0 Å². The summed E-state index contributed by atoms with van der Waals surface area (Å²) in [6.45, 7) is 4.77. The number of carbonyl (C=O) groups excluding carboxylic acids is 1. The van der Waals surface area contributed by atoms with Crippen molar-refractivity contribution in [2.75, 3.05) is 18.1 Å². The molecule has 4 nitrogen and oxygen atoms in total.